The average Bonchev–Trinajstić information content (AvgIpc) is 3.24. The molecule has 3 amide bonds. The summed E-state index contributed by atoms with van der Waals surface area (Å²) in [6, 6.07) is 14.7. The lowest BCUT2D eigenvalue weighted by molar-refractivity contribution is -0.143. The van der Waals surface area contributed by atoms with Crippen molar-refractivity contribution in [3.05, 3.63) is 77.4 Å². The summed E-state index contributed by atoms with van der Waals surface area (Å²) < 4.78 is 0. The molecule has 1 heterocycles. The molecule has 5 atom stereocenters. The van der Waals surface area contributed by atoms with E-state index in [0.717, 1.165) is 43.4 Å². The number of hydrogen-bond donors (Lipinski definition) is 6. The van der Waals surface area contributed by atoms with E-state index < -0.39 is 127 Å². The number of carbonyl (C=O) groups excluding carboxylic acids is 7. The van der Waals surface area contributed by atoms with Crippen LogP contribution in [0, 0.1) is 17.8 Å². The van der Waals surface area contributed by atoms with Crippen LogP contribution < -0.4 is 20.9 Å². The number of rotatable bonds is 22. The van der Waals surface area contributed by atoms with E-state index in [4.69, 9.17) is 10.2 Å². The van der Waals surface area contributed by atoms with Crippen LogP contribution >= 0.6 is 0 Å². The van der Waals surface area contributed by atoms with Crippen LogP contribution in [0.2, 0.25) is 0 Å². The summed E-state index contributed by atoms with van der Waals surface area (Å²) in [5.41, 5.74) is 2.17. The molecule has 6 N–H and O–H groups in total. The van der Waals surface area contributed by atoms with E-state index in [9.17, 15) is 53.1 Å². The van der Waals surface area contributed by atoms with Crippen molar-refractivity contribution in [3.8, 4) is 0 Å². The molecule has 62 heavy (non-hydrogen) atoms. The first-order chi connectivity index (χ1) is 29.5. The third-order valence-electron chi connectivity index (χ3n) is 11.3. The Morgan fingerprint density at radius 3 is 2.05 bits per heavy atom. The number of Topliss-reactive ketones (excluding diaryl/α,β-unsaturated/α-hetero) is 4. The Bertz CT molecular complexity index is 2230. The number of carbonyl (C=O) groups is 10. The molecule has 0 spiro atoms. The van der Waals surface area contributed by atoms with E-state index in [2.05, 4.69) is 20.9 Å². The second-order valence-electron chi connectivity index (χ2n) is 15.8. The normalized spacial score (nSPS) is 16.7. The van der Waals surface area contributed by atoms with Crippen LogP contribution in [0.4, 0.5) is 5.69 Å². The third-order valence-corrected chi connectivity index (χ3v) is 11.3. The Labute approximate surface area is 356 Å². The fourth-order valence-electron chi connectivity index (χ4n) is 7.97. The highest BCUT2D eigenvalue weighted by Gasteiger charge is 2.39. The fraction of sp³-hybridized carbons (Fsp3) is 0.422. The zero-order valence-corrected chi connectivity index (χ0v) is 34.2. The van der Waals surface area contributed by atoms with E-state index in [1.165, 1.54) is 6.92 Å². The lowest BCUT2D eigenvalue weighted by atomic mass is 9.78. The van der Waals surface area contributed by atoms with Crippen molar-refractivity contribution >= 4 is 75.2 Å². The lowest BCUT2D eigenvalue weighted by Crippen LogP contribution is -2.46. The second kappa shape index (κ2) is 21.1. The van der Waals surface area contributed by atoms with Gasteiger partial charge in [-0.2, -0.15) is 0 Å². The minimum atomic E-state index is -1.53. The van der Waals surface area contributed by atoms with Crippen molar-refractivity contribution in [2.75, 3.05) is 24.5 Å². The summed E-state index contributed by atoms with van der Waals surface area (Å²) >= 11 is 0. The van der Waals surface area contributed by atoms with E-state index >= 15 is 0 Å². The van der Waals surface area contributed by atoms with Crippen LogP contribution in [0.5, 0.6) is 0 Å². The van der Waals surface area contributed by atoms with Crippen LogP contribution in [0.3, 0.4) is 0 Å². The molecule has 3 aromatic rings. The number of nitrogens with zero attached hydrogens (tertiary/aromatic N) is 1. The minimum absolute atomic E-state index is 0.0838. The zero-order valence-electron chi connectivity index (χ0n) is 34.2. The van der Waals surface area contributed by atoms with E-state index in [1.807, 2.05) is 12.1 Å². The number of carboxylic acid groups (broad SMARTS) is 3. The molecule has 1 aliphatic heterocycles. The highest BCUT2D eigenvalue weighted by Crippen LogP contribution is 2.39. The van der Waals surface area contributed by atoms with Crippen LogP contribution in [0.15, 0.2) is 60.7 Å². The number of nitrogens with one attached hydrogen (secondary N) is 3. The Hall–Kier alpha value is -6.78. The topological polar surface area (TPSA) is 271 Å². The molecule has 1 unspecified atom stereocenters. The van der Waals surface area contributed by atoms with E-state index in [-0.39, 0.29) is 12.8 Å². The van der Waals surface area contributed by atoms with Gasteiger partial charge in [0.2, 0.25) is 17.7 Å². The summed E-state index contributed by atoms with van der Waals surface area (Å²) in [4.78, 5) is 131. The first-order valence-electron chi connectivity index (χ1n) is 20.5. The van der Waals surface area contributed by atoms with Gasteiger partial charge in [0, 0.05) is 72.3 Å². The summed E-state index contributed by atoms with van der Waals surface area (Å²) in [7, 11) is 0. The molecular weight excluding hydrogens is 805 g/mol. The van der Waals surface area contributed by atoms with E-state index in [1.54, 1.807) is 48.5 Å². The Morgan fingerprint density at radius 1 is 0.726 bits per heavy atom. The predicted octanol–water partition coefficient (Wildman–Crippen LogP) is 3.14. The van der Waals surface area contributed by atoms with Crippen molar-refractivity contribution in [2.45, 2.75) is 83.2 Å². The van der Waals surface area contributed by atoms with Crippen molar-refractivity contribution < 1.29 is 63.3 Å². The van der Waals surface area contributed by atoms with Gasteiger partial charge in [-0.05, 0) is 56.7 Å². The smallest absolute Gasteiger partial charge is 0.325 e. The molecule has 1 fully saturated rings. The summed E-state index contributed by atoms with van der Waals surface area (Å²) in [6.45, 7) is 2.16. The first kappa shape index (κ1) is 46.3. The molecule has 0 bridgehead atoms. The maximum absolute atomic E-state index is 13.9. The van der Waals surface area contributed by atoms with Gasteiger partial charge in [-0.1, -0.05) is 48.5 Å². The van der Waals surface area contributed by atoms with Gasteiger partial charge in [-0.25, -0.2) is 0 Å². The molecule has 0 radical (unpaired) electrons. The van der Waals surface area contributed by atoms with Gasteiger partial charge >= 0.3 is 17.9 Å². The summed E-state index contributed by atoms with van der Waals surface area (Å²) in [5.74, 6) is -13.5. The number of benzene rings is 3. The monoisotopic (exact) mass is 854 g/mol. The predicted molar refractivity (Wildman–Crippen MR) is 222 cm³/mol. The maximum atomic E-state index is 13.9. The summed E-state index contributed by atoms with van der Waals surface area (Å²) in [5, 5.41) is 36.3. The minimum Gasteiger partial charge on any atom is -0.481 e. The highest BCUT2D eigenvalue weighted by molar-refractivity contribution is 6.31. The van der Waals surface area contributed by atoms with Crippen LogP contribution in [-0.2, 0) is 44.8 Å². The highest BCUT2D eigenvalue weighted by atomic mass is 16.4. The van der Waals surface area contributed by atoms with Crippen LogP contribution in [0.25, 0.3) is 10.8 Å². The largest absolute Gasteiger partial charge is 0.481 e. The van der Waals surface area contributed by atoms with Gasteiger partial charge < -0.3 is 36.2 Å². The molecule has 17 nitrogen and oxygen atoms in total. The molecule has 2 aliphatic rings. The molecule has 1 aliphatic carbocycles. The molecule has 3 aromatic carbocycles. The Kier molecular flexibility index (Phi) is 15.8. The average molecular weight is 855 g/mol. The zero-order chi connectivity index (χ0) is 45.1. The van der Waals surface area contributed by atoms with E-state index in [0.29, 0.717) is 22.1 Å². The summed E-state index contributed by atoms with van der Waals surface area (Å²) in [6.07, 6.45) is -0.430. The number of anilines is 1. The molecule has 0 saturated carbocycles. The molecule has 0 aromatic heterocycles. The number of piperidine rings is 1. The fourth-order valence-corrected chi connectivity index (χ4v) is 7.97. The van der Waals surface area contributed by atoms with Crippen molar-refractivity contribution in [2.24, 2.45) is 17.8 Å². The van der Waals surface area contributed by atoms with Gasteiger partial charge in [0.05, 0.1) is 30.8 Å². The van der Waals surface area contributed by atoms with Gasteiger partial charge in [-0.15, -0.1) is 0 Å². The number of aliphatic carboxylic acids is 3. The SMILES string of the molecule is C[C@H](NC(=O)[C@H](CCC(=O)O)CC(=O)CNC(=O)[C@H](CC(=O)O)CC(=O)[C@H](Cc1ccccc1)NC(=O)CC1C(=O)c2cccc3c(N4CCCCC4)ccc(c23)C1=O)C(=O)O. The van der Waals surface area contributed by atoms with Gasteiger partial charge in [-0.3, -0.25) is 47.9 Å². The third kappa shape index (κ3) is 11.9. The number of carboxylic acids is 3. The number of ketones is 4. The van der Waals surface area contributed by atoms with Gasteiger partial charge in [0.15, 0.2) is 23.1 Å². The van der Waals surface area contributed by atoms with Gasteiger partial charge in [0.25, 0.3) is 0 Å². The first-order valence-corrected chi connectivity index (χ1v) is 20.5. The molecule has 328 valence electrons. The molecule has 17 heteroatoms. The second-order valence-corrected chi connectivity index (χ2v) is 15.8. The lowest BCUT2D eigenvalue weighted by Gasteiger charge is -2.31. The number of amides is 3. The molecule has 5 rings (SSSR count). The van der Waals surface area contributed by atoms with Crippen molar-refractivity contribution in [3.63, 3.8) is 0 Å². The number of hydrogen-bond acceptors (Lipinski definition) is 11. The quantitative estimate of drug-likeness (QED) is 0.0793. The Balaban J connectivity index is 1.28. The van der Waals surface area contributed by atoms with Crippen molar-refractivity contribution in [1.82, 2.24) is 16.0 Å². The van der Waals surface area contributed by atoms with Crippen molar-refractivity contribution in [1.29, 1.82) is 0 Å². The molecule has 1 saturated heterocycles. The van der Waals surface area contributed by atoms with Crippen LogP contribution in [-0.4, -0.2) is 106 Å². The van der Waals surface area contributed by atoms with Gasteiger partial charge in [0.1, 0.15) is 6.04 Å². The maximum Gasteiger partial charge on any atom is 0.325 e. The molecular formula is C45H50N4O13. The standard InChI is InChI=1S/C45H50N4O13/c1-25(45(61)62)47-44(60)27(13-16-38(53)54)20-29(50)24-46-43(59)28(22-39(55)56)21-36(51)34(19-26-9-4-2-5-10-26)48-37(52)23-33-41(57)31-12-8-11-30-35(49-17-6-3-7-18-49)15-14-32(40(30)31)42(33)58/h2,4-5,8-12,14-15,25,27-28,33-34H,3,6-7,13,16-24H2,1H3,(H,46,59)(H,47,60)(H,48,52)(H,53,54)(H,55,56)(H,61,62)/t25-,27+,28-,33?,34-/m0/s1. The van der Waals surface area contributed by atoms with Crippen LogP contribution in [0.1, 0.15) is 91.0 Å². The Morgan fingerprint density at radius 2 is 1.40 bits per heavy atom.